The van der Waals surface area contributed by atoms with E-state index in [0.717, 1.165) is 5.56 Å². The molecule has 6 N–H and O–H groups in total. The van der Waals surface area contributed by atoms with Crippen molar-refractivity contribution in [3.8, 4) is 29.0 Å². The molecule has 0 aliphatic carbocycles. The number of aliphatic carboxylic acids is 2. The molecule has 0 radical (unpaired) electrons. The summed E-state index contributed by atoms with van der Waals surface area (Å²) < 4.78 is 21.9. The second-order valence-electron chi connectivity index (χ2n) is 12.3. The van der Waals surface area contributed by atoms with E-state index in [9.17, 15) is 49.3 Å². The van der Waals surface area contributed by atoms with E-state index in [1.807, 2.05) is 16.7 Å². The lowest BCUT2D eigenvalue weighted by molar-refractivity contribution is -0.147. The third-order valence-corrected chi connectivity index (χ3v) is 9.38. The van der Waals surface area contributed by atoms with E-state index in [0.29, 0.717) is 28.2 Å². The second kappa shape index (κ2) is 14.7. The molecule has 2 aromatic carbocycles. The number of aromatic nitrogens is 4. The zero-order chi connectivity index (χ0) is 39.9. The number of pyridine rings is 2. The first-order chi connectivity index (χ1) is 26.2. The molecule has 6 rings (SSSR count). The van der Waals surface area contributed by atoms with Crippen LogP contribution < -0.4 is 15.4 Å². The van der Waals surface area contributed by atoms with Crippen molar-refractivity contribution >= 4 is 57.2 Å². The maximum absolute atomic E-state index is 13.5. The molecule has 0 saturated heterocycles. The van der Waals surface area contributed by atoms with Gasteiger partial charge in [-0.15, -0.1) is 0 Å². The van der Waals surface area contributed by atoms with Crippen LogP contribution in [0, 0.1) is 31.0 Å². The molecule has 2 amide bonds. The number of amides is 2. The average Bonchev–Trinajstić information content (AvgIpc) is 3.63. The van der Waals surface area contributed by atoms with Crippen LogP contribution in [0.1, 0.15) is 43.5 Å². The molecule has 0 spiro atoms. The van der Waals surface area contributed by atoms with Crippen LogP contribution in [0.2, 0.25) is 5.02 Å². The second-order valence-corrected chi connectivity index (χ2v) is 12.7. The largest absolute Gasteiger partial charge is 0.505 e. The molecule has 4 aromatic heterocycles. The number of carboxylic acids is 2. The summed E-state index contributed by atoms with van der Waals surface area (Å²) >= 11 is 6.44. The van der Waals surface area contributed by atoms with E-state index >= 15 is 0 Å². The highest BCUT2D eigenvalue weighted by molar-refractivity contribution is 6.36. The number of fused-ring (bicyclic) bond motifs is 2. The molecule has 0 bridgehead atoms. The standard InChI is InChI=1S/C37H29ClFN7O9/c1-16-17(2)45(14-18-4-6-19(39)7-5-18)24-13-41-29(32(47)25(16)24)34(49)43-27(36(51)52)28(37(53)54)44-35(50)30-33(48)26-22(38)15-46(31(26)23(12-40)42-30)20-8-10-21(55-3)11-9-20/h4-11,13,15,27-28,47-48H,14H2,1-3H3,(H,43,49)(H,44,50)(H,51,52)(H,53,54). The van der Waals surface area contributed by atoms with Crippen LogP contribution in [-0.4, -0.2) is 82.5 Å². The highest BCUT2D eigenvalue weighted by Gasteiger charge is 2.39. The molecule has 0 fully saturated rings. The van der Waals surface area contributed by atoms with Crippen molar-refractivity contribution in [2.45, 2.75) is 32.5 Å². The van der Waals surface area contributed by atoms with Crippen molar-refractivity contribution in [1.29, 1.82) is 5.26 Å². The molecule has 6 aromatic rings. The number of rotatable bonds is 11. The van der Waals surface area contributed by atoms with Gasteiger partial charge >= 0.3 is 11.9 Å². The highest BCUT2D eigenvalue weighted by atomic mass is 35.5. The van der Waals surface area contributed by atoms with Crippen molar-refractivity contribution in [3.05, 3.63) is 106 Å². The van der Waals surface area contributed by atoms with E-state index < -0.39 is 70.2 Å². The van der Waals surface area contributed by atoms with Gasteiger partial charge in [0.15, 0.2) is 40.7 Å². The number of halogens is 2. The third kappa shape index (κ3) is 6.77. The Labute approximate surface area is 314 Å². The van der Waals surface area contributed by atoms with Crippen molar-refractivity contribution in [2.75, 3.05) is 7.11 Å². The first-order valence-corrected chi connectivity index (χ1v) is 16.5. The number of benzene rings is 2. The van der Waals surface area contributed by atoms with Crippen molar-refractivity contribution in [2.24, 2.45) is 0 Å². The summed E-state index contributed by atoms with van der Waals surface area (Å²) in [6, 6.07) is 9.36. The van der Waals surface area contributed by atoms with E-state index in [2.05, 4.69) is 9.97 Å². The summed E-state index contributed by atoms with van der Waals surface area (Å²) in [4.78, 5) is 59.8. The molecule has 4 heterocycles. The first-order valence-electron chi connectivity index (χ1n) is 16.1. The van der Waals surface area contributed by atoms with E-state index in [4.69, 9.17) is 16.3 Å². The van der Waals surface area contributed by atoms with Gasteiger partial charge in [0.1, 0.15) is 17.6 Å². The fraction of sp³-hybridized carbons (Fsp3) is 0.162. The van der Waals surface area contributed by atoms with Gasteiger partial charge in [-0.25, -0.2) is 23.9 Å². The lowest BCUT2D eigenvalue weighted by Crippen LogP contribution is -2.59. The predicted octanol–water partition coefficient (Wildman–Crippen LogP) is 4.19. The minimum absolute atomic E-state index is 0.0117. The molecule has 280 valence electrons. The summed E-state index contributed by atoms with van der Waals surface area (Å²) in [7, 11) is 1.48. The summed E-state index contributed by atoms with van der Waals surface area (Å²) in [5.74, 6) is -7.89. The van der Waals surface area contributed by atoms with E-state index in [1.165, 1.54) is 36.2 Å². The fourth-order valence-electron chi connectivity index (χ4n) is 6.22. The maximum atomic E-state index is 13.5. The number of carboxylic acid groups (broad SMARTS) is 2. The van der Waals surface area contributed by atoms with Gasteiger partial charge in [0.05, 0.1) is 34.7 Å². The lowest BCUT2D eigenvalue weighted by Gasteiger charge is -2.23. The normalized spacial score (nSPS) is 12.2. The SMILES string of the molecule is COc1ccc(-n2cc(Cl)c3c(O)c(C(=O)NC(C(=O)O)C(NC(=O)c4ncc5c(c(C)c(C)n5Cc5ccc(F)cc5)c4O)C(=O)O)nc(C#N)c32)cc1. The topological polar surface area (TPSA) is 242 Å². The van der Waals surface area contributed by atoms with Crippen LogP contribution in [0.15, 0.2) is 60.9 Å². The number of aromatic hydroxyl groups is 2. The monoisotopic (exact) mass is 769 g/mol. The number of ether oxygens (including phenoxy) is 1. The molecular weight excluding hydrogens is 741 g/mol. The van der Waals surface area contributed by atoms with Crippen molar-refractivity contribution in [3.63, 3.8) is 0 Å². The van der Waals surface area contributed by atoms with Crippen LogP contribution >= 0.6 is 11.6 Å². The molecule has 16 nitrogen and oxygen atoms in total. The van der Waals surface area contributed by atoms with Crippen LogP contribution in [0.3, 0.4) is 0 Å². The minimum Gasteiger partial charge on any atom is -0.505 e. The van der Waals surface area contributed by atoms with Crippen molar-refractivity contribution in [1.82, 2.24) is 29.7 Å². The number of nitrogens with zero attached hydrogens (tertiary/aromatic N) is 5. The number of carbonyl (C=O) groups excluding carboxylic acids is 2. The Kier molecular flexibility index (Phi) is 10.0. The summed E-state index contributed by atoms with van der Waals surface area (Å²) in [5.41, 5.74) is 0.955. The van der Waals surface area contributed by atoms with Crippen molar-refractivity contribution < 1.29 is 48.7 Å². The summed E-state index contributed by atoms with van der Waals surface area (Å²) in [6.45, 7) is 3.70. The minimum atomic E-state index is -2.39. The Morgan fingerprint density at radius 3 is 2.07 bits per heavy atom. The molecule has 2 atom stereocenters. The van der Waals surface area contributed by atoms with Gasteiger partial charge in [-0.05, 0) is 61.4 Å². The zero-order valence-electron chi connectivity index (χ0n) is 29.0. The average molecular weight is 770 g/mol. The number of methoxy groups -OCH3 is 1. The Balaban J connectivity index is 1.30. The number of hydrogen-bond donors (Lipinski definition) is 6. The van der Waals surface area contributed by atoms with Gasteiger partial charge in [-0.1, -0.05) is 23.7 Å². The fourth-order valence-corrected chi connectivity index (χ4v) is 6.50. The molecule has 2 unspecified atom stereocenters. The number of nitrogens with one attached hydrogen (secondary N) is 2. The molecule has 18 heteroatoms. The number of carbonyl (C=O) groups is 4. The summed E-state index contributed by atoms with van der Waals surface area (Å²) in [5, 5.41) is 56.3. The van der Waals surface area contributed by atoms with Gasteiger partial charge in [0.2, 0.25) is 0 Å². The lowest BCUT2D eigenvalue weighted by atomic mass is 10.1. The Morgan fingerprint density at radius 2 is 1.51 bits per heavy atom. The van der Waals surface area contributed by atoms with Crippen LogP contribution in [0.5, 0.6) is 17.2 Å². The number of hydrogen-bond acceptors (Lipinski definition) is 10. The highest BCUT2D eigenvalue weighted by Crippen LogP contribution is 2.39. The quantitative estimate of drug-likeness (QED) is 0.109. The Bertz CT molecular complexity index is 2600. The number of nitriles is 1. The van der Waals surface area contributed by atoms with Gasteiger partial charge < -0.3 is 44.9 Å². The smallest absolute Gasteiger partial charge is 0.329 e. The van der Waals surface area contributed by atoms with Crippen LogP contribution in [0.25, 0.3) is 27.5 Å². The Morgan fingerprint density at radius 1 is 0.927 bits per heavy atom. The molecule has 0 saturated carbocycles. The van der Waals surface area contributed by atoms with Gasteiger partial charge in [-0.3, -0.25) is 9.59 Å². The van der Waals surface area contributed by atoms with Gasteiger partial charge in [-0.2, -0.15) is 5.26 Å². The van der Waals surface area contributed by atoms with Crippen LogP contribution in [0.4, 0.5) is 4.39 Å². The Hall–Kier alpha value is -7.19. The predicted molar refractivity (Wildman–Crippen MR) is 193 cm³/mol. The molecule has 55 heavy (non-hydrogen) atoms. The number of aryl methyl sites for hydroxylation is 1. The molecule has 0 aliphatic heterocycles. The summed E-state index contributed by atoms with van der Waals surface area (Å²) in [6.07, 6.45) is 2.63. The van der Waals surface area contributed by atoms with E-state index in [1.54, 1.807) is 54.8 Å². The maximum Gasteiger partial charge on any atom is 0.329 e. The van der Waals surface area contributed by atoms with Gasteiger partial charge in [0.25, 0.3) is 11.8 Å². The third-order valence-electron chi connectivity index (χ3n) is 9.09. The van der Waals surface area contributed by atoms with E-state index in [-0.39, 0.29) is 27.9 Å². The molecular formula is C37H29ClFN7O9. The van der Waals surface area contributed by atoms with Gasteiger partial charge in [0, 0.05) is 29.5 Å². The first kappa shape index (κ1) is 37.6. The molecule has 0 aliphatic rings. The zero-order valence-corrected chi connectivity index (χ0v) is 29.7. The van der Waals surface area contributed by atoms with Crippen LogP contribution in [-0.2, 0) is 16.1 Å².